The minimum atomic E-state index is 0.221. The van der Waals surface area contributed by atoms with Gasteiger partial charge in [0.2, 0.25) is 5.89 Å². The summed E-state index contributed by atoms with van der Waals surface area (Å²) in [5.41, 5.74) is 1.26. The highest BCUT2D eigenvalue weighted by Crippen LogP contribution is 2.18. The fourth-order valence-corrected chi connectivity index (χ4v) is 2.62. The first-order valence-corrected chi connectivity index (χ1v) is 8.66. The van der Waals surface area contributed by atoms with Gasteiger partial charge in [0.15, 0.2) is 5.82 Å². The van der Waals surface area contributed by atoms with Gasteiger partial charge in [0.05, 0.1) is 5.75 Å². The molecule has 1 atom stereocenters. The van der Waals surface area contributed by atoms with Crippen LogP contribution in [-0.4, -0.2) is 22.4 Å². The molecule has 2 rings (SSSR count). The van der Waals surface area contributed by atoms with Crippen LogP contribution in [0.3, 0.4) is 0 Å². The number of benzene rings is 1. The molecule has 1 aromatic heterocycles. The van der Waals surface area contributed by atoms with Crippen LogP contribution in [0.15, 0.2) is 34.9 Å². The van der Waals surface area contributed by atoms with E-state index in [9.17, 15) is 0 Å². The molecule has 0 saturated heterocycles. The highest BCUT2D eigenvalue weighted by atomic mass is 32.2. The molecule has 21 heavy (non-hydrogen) atoms. The first-order chi connectivity index (χ1) is 10.3. The van der Waals surface area contributed by atoms with E-state index in [0.717, 1.165) is 36.7 Å². The number of hydrogen-bond donors (Lipinski definition) is 1. The van der Waals surface area contributed by atoms with Crippen LogP contribution in [0.5, 0.6) is 0 Å². The van der Waals surface area contributed by atoms with Crippen molar-refractivity contribution in [3.05, 3.63) is 47.6 Å². The van der Waals surface area contributed by atoms with Crippen molar-refractivity contribution in [2.75, 3.05) is 12.3 Å². The Kier molecular flexibility index (Phi) is 6.76. The minimum absolute atomic E-state index is 0.221. The van der Waals surface area contributed by atoms with Crippen molar-refractivity contribution in [2.45, 2.75) is 38.5 Å². The van der Waals surface area contributed by atoms with E-state index < -0.39 is 0 Å². The summed E-state index contributed by atoms with van der Waals surface area (Å²) in [5.74, 6) is 3.38. The Labute approximate surface area is 130 Å². The van der Waals surface area contributed by atoms with Gasteiger partial charge in [-0.05, 0) is 24.3 Å². The quantitative estimate of drug-likeness (QED) is 0.767. The third-order valence-electron chi connectivity index (χ3n) is 3.17. The first kappa shape index (κ1) is 16.0. The molecular formula is C16H23N3OS. The molecule has 1 unspecified atom stereocenters. The maximum atomic E-state index is 5.38. The second-order valence-electron chi connectivity index (χ2n) is 4.86. The highest BCUT2D eigenvalue weighted by molar-refractivity contribution is 7.98. The molecule has 0 radical (unpaired) electrons. The molecule has 1 N–H and O–H groups in total. The Morgan fingerprint density at radius 3 is 2.76 bits per heavy atom. The molecule has 1 aromatic carbocycles. The van der Waals surface area contributed by atoms with Crippen LogP contribution in [0.25, 0.3) is 0 Å². The first-order valence-electron chi connectivity index (χ1n) is 7.51. The number of thioether (sulfide) groups is 1. The van der Waals surface area contributed by atoms with Crippen LogP contribution < -0.4 is 5.32 Å². The molecule has 2 aromatic rings. The van der Waals surface area contributed by atoms with E-state index in [1.165, 1.54) is 5.56 Å². The summed E-state index contributed by atoms with van der Waals surface area (Å²) < 4.78 is 5.38. The fourth-order valence-electron chi connectivity index (χ4n) is 2.11. The molecule has 0 bridgehead atoms. The van der Waals surface area contributed by atoms with Gasteiger partial charge in [-0.2, -0.15) is 16.7 Å². The Morgan fingerprint density at radius 1 is 1.24 bits per heavy atom. The normalized spacial score (nSPS) is 12.5. The van der Waals surface area contributed by atoms with Crippen LogP contribution in [0, 0.1) is 0 Å². The van der Waals surface area contributed by atoms with E-state index >= 15 is 0 Å². The van der Waals surface area contributed by atoms with Crippen LogP contribution in [-0.2, 0) is 12.2 Å². The zero-order valence-corrected chi connectivity index (χ0v) is 13.5. The SMILES string of the molecule is CCCNC(Cc1nc(CSCC)no1)c1ccccc1. The standard InChI is InChI=1S/C16H23N3OS/c1-3-10-17-14(13-8-6-5-7-9-13)11-16-18-15(19-20-16)12-21-4-2/h5-9,14,17H,3-4,10-12H2,1-2H3. The molecule has 1 heterocycles. The van der Waals surface area contributed by atoms with E-state index in [-0.39, 0.29) is 6.04 Å². The Hall–Kier alpha value is -1.33. The van der Waals surface area contributed by atoms with Crippen molar-refractivity contribution < 1.29 is 4.52 Å². The van der Waals surface area contributed by atoms with Gasteiger partial charge in [0.25, 0.3) is 0 Å². The van der Waals surface area contributed by atoms with Gasteiger partial charge < -0.3 is 9.84 Å². The minimum Gasteiger partial charge on any atom is -0.339 e. The summed E-state index contributed by atoms with van der Waals surface area (Å²) >= 11 is 1.80. The second-order valence-corrected chi connectivity index (χ2v) is 6.14. The summed E-state index contributed by atoms with van der Waals surface area (Å²) in [6.45, 7) is 5.28. The lowest BCUT2D eigenvalue weighted by atomic mass is 10.0. The monoisotopic (exact) mass is 305 g/mol. The highest BCUT2D eigenvalue weighted by Gasteiger charge is 2.15. The maximum absolute atomic E-state index is 5.38. The van der Waals surface area contributed by atoms with Crippen LogP contribution in [0.2, 0.25) is 0 Å². The molecule has 0 saturated carbocycles. The van der Waals surface area contributed by atoms with E-state index in [2.05, 4.69) is 53.6 Å². The Morgan fingerprint density at radius 2 is 2.05 bits per heavy atom. The van der Waals surface area contributed by atoms with Crippen molar-refractivity contribution in [3.63, 3.8) is 0 Å². The predicted octanol–water partition coefficient (Wildman–Crippen LogP) is 3.61. The smallest absolute Gasteiger partial charge is 0.228 e. The summed E-state index contributed by atoms with van der Waals surface area (Å²) in [5, 5.41) is 7.60. The number of nitrogens with zero attached hydrogens (tertiary/aromatic N) is 2. The van der Waals surface area contributed by atoms with E-state index in [0.29, 0.717) is 5.89 Å². The molecule has 0 amide bonds. The molecule has 0 aliphatic rings. The topological polar surface area (TPSA) is 51.0 Å². The van der Waals surface area contributed by atoms with Crippen molar-refractivity contribution in [1.29, 1.82) is 0 Å². The number of aromatic nitrogens is 2. The van der Waals surface area contributed by atoms with Gasteiger partial charge in [0, 0.05) is 12.5 Å². The van der Waals surface area contributed by atoms with Crippen LogP contribution >= 0.6 is 11.8 Å². The molecular weight excluding hydrogens is 282 g/mol. The zero-order valence-electron chi connectivity index (χ0n) is 12.7. The Balaban J connectivity index is 2.02. The summed E-state index contributed by atoms with van der Waals surface area (Å²) in [4.78, 5) is 4.48. The molecule has 4 nitrogen and oxygen atoms in total. The van der Waals surface area contributed by atoms with Gasteiger partial charge in [-0.1, -0.05) is 49.3 Å². The van der Waals surface area contributed by atoms with Crippen molar-refractivity contribution in [1.82, 2.24) is 15.5 Å². The van der Waals surface area contributed by atoms with Gasteiger partial charge in [0.1, 0.15) is 0 Å². The third kappa shape index (κ3) is 5.17. The van der Waals surface area contributed by atoms with E-state index in [1.54, 1.807) is 11.8 Å². The lowest BCUT2D eigenvalue weighted by Crippen LogP contribution is -2.24. The molecule has 0 aliphatic heterocycles. The van der Waals surface area contributed by atoms with Crippen molar-refractivity contribution in [3.8, 4) is 0 Å². The van der Waals surface area contributed by atoms with Crippen LogP contribution in [0.4, 0.5) is 0 Å². The lowest BCUT2D eigenvalue weighted by Gasteiger charge is -2.17. The van der Waals surface area contributed by atoms with Gasteiger partial charge in [-0.25, -0.2) is 0 Å². The average molecular weight is 305 g/mol. The average Bonchev–Trinajstić information content (AvgIpc) is 2.97. The molecule has 5 heteroatoms. The second kappa shape index (κ2) is 8.85. The number of nitrogens with one attached hydrogen (secondary N) is 1. The van der Waals surface area contributed by atoms with Gasteiger partial charge >= 0.3 is 0 Å². The lowest BCUT2D eigenvalue weighted by molar-refractivity contribution is 0.355. The maximum Gasteiger partial charge on any atom is 0.228 e. The van der Waals surface area contributed by atoms with Crippen molar-refractivity contribution >= 4 is 11.8 Å². The van der Waals surface area contributed by atoms with E-state index in [4.69, 9.17) is 4.52 Å². The summed E-state index contributed by atoms with van der Waals surface area (Å²) in [6.07, 6.45) is 1.83. The van der Waals surface area contributed by atoms with Gasteiger partial charge in [-0.3, -0.25) is 0 Å². The third-order valence-corrected chi connectivity index (χ3v) is 4.04. The van der Waals surface area contributed by atoms with E-state index in [1.807, 2.05) is 6.07 Å². The molecule has 0 spiro atoms. The van der Waals surface area contributed by atoms with Crippen LogP contribution in [0.1, 0.15) is 43.6 Å². The molecule has 114 valence electrons. The Bertz CT molecular complexity index is 515. The summed E-state index contributed by atoms with van der Waals surface area (Å²) in [7, 11) is 0. The largest absolute Gasteiger partial charge is 0.339 e. The summed E-state index contributed by atoms with van der Waals surface area (Å²) in [6, 6.07) is 10.7. The zero-order chi connectivity index (χ0) is 14.9. The number of hydrogen-bond acceptors (Lipinski definition) is 5. The molecule has 0 fully saturated rings. The fraction of sp³-hybridized carbons (Fsp3) is 0.500. The predicted molar refractivity (Wildman–Crippen MR) is 87.3 cm³/mol. The van der Waals surface area contributed by atoms with Gasteiger partial charge in [-0.15, -0.1) is 0 Å². The molecule has 0 aliphatic carbocycles. The number of rotatable bonds is 9. The van der Waals surface area contributed by atoms with Crippen molar-refractivity contribution in [2.24, 2.45) is 0 Å².